The van der Waals surface area contributed by atoms with Gasteiger partial charge < -0.3 is 10.6 Å². The van der Waals surface area contributed by atoms with Crippen molar-refractivity contribution in [1.29, 1.82) is 0 Å². The summed E-state index contributed by atoms with van der Waals surface area (Å²) < 4.78 is 0. The Hall–Kier alpha value is -3.03. The van der Waals surface area contributed by atoms with Gasteiger partial charge in [0.2, 0.25) is 0 Å². The van der Waals surface area contributed by atoms with Crippen LogP contribution in [0.1, 0.15) is 24.2 Å². The van der Waals surface area contributed by atoms with Crippen LogP contribution in [-0.2, 0) is 4.79 Å². The van der Waals surface area contributed by atoms with Crippen LogP contribution in [0.15, 0.2) is 35.5 Å². The van der Waals surface area contributed by atoms with Crippen LogP contribution in [0.2, 0.25) is 0 Å². The Kier molecular flexibility index (Phi) is 4.02. The quantitative estimate of drug-likeness (QED) is 0.494. The molecule has 22 heavy (non-hydrogen) atoms. The molecule has 2 rings (SSSR count). The van der Waals surface area contributed by atoms with E-state index >= 15 is 0 Å². The molecule has 0 spiro atoms. The van der Waals surface area contributed by atoms with Gasteiger partial charge in [-0.25, -0.2) is 4.79 Å². The van der Waals surface area contributed by atoms with Crippen molar-refractivity contribution in [2.75, 3.05) is 0 Å². The maximum atomic E-state index is 12.5. The first-order chi connectivity index (χ1) is 10.3. The topological polar surface area (TPSA) is 118 Å². The van der Waals surface area contributed by atoms with Crippen molar-refractivity contribution in [2.24, 2.45) is 0 Å². The zero-order valence-corrected chi connectivity index (χ0v) is 11.9. The molecule has 0 aliphatic carbocycles. The maximum Gasteiger partial charge on any atom is 0.319 e. The van der Waals surface area contributed by atoms with Crippen LogP contribution in [0.3, 0.4) is 0 Å². The minimum atomic E-state index is -1.10. The number of hydrogen-bond acceptors (Lipinski definition) is 5. The Morgan fingerprint density at radius 3 is 2.32 bits per heavy atom. The molecular weight excluding hydrogens is 290 g/mol. The average molecular weight is 303 g/mol. The van der Waals surface area contributed by atoms with E-state index in [4.69, 9.17) is 0 Å². The average Bonchev–Trinajstić information content (AvgIpc) is 2.45. The monoisotopic (exact) mass is 303 g/mol. The SMILES string of the molecule is CC(=O)C1=C(C)NC(=O)NC1C(=O)c1ccc([N+](=O)[O-])cc1. The molecule has 8 heteroatoms. The predicted molar refractivity (Wildman–Crippen MR) is 76.3 cm³/mol. The second-order valence-electron chi connectivity index (χ2n) is 4.79. The maximum absolute atomic E-state index is 12.5. The minimum Gasteiger partial charge on any atom is -0.323 e. The molecule has 2 N–H and O–H groups in total. The van der Waals surface area contributed by atoms with Crippen LogP contribution in [0.4, 0.5) is 10.5 Å². The summed E-state index contributed by atoms with van der Waals surface area (Å²) in [7, 11) is 0. The summed E-state index contributed by atoms with van der Waals surface area (Å²) in [5.41, 5.74) is 0.508. The first-order valence-corrected chi connectivity index (χ1v) is 6.39. The van der Waals surface area contributed by atoms with E-state index in [2.05, 4.69) is 10.6 Å². The number of ketones is 2. The first kappa shape index (κ1) is 15.4. The molecule has 8 nitrogen and oxygen atoms in total. The number of non-ortho nitro benzene ring substituents is 1. The molecule has 114 valence electrons. The number of benzene rings is 1. The summed E-state index contributed by atoms with van der Waals surface area (Å²) in [5, 5.41) is 15.5. The molecular formula is C14H13N3O5. The summed E-state index contributed by atoms with van der Waals surface area (Å²) in [4.78, 5) is 45.8. The van der Waals surface area contributed by atoms with Crippen LogP contribution in [0.5, 0.6) is 0 Å². The number of carbonyl (C=O) groups excluding carboxylic acids is 3. The van der Waals surface area contributed by atoms with Crippen LogP contribution >= 0.6 is 0 Å². The highest BCUT2D eigenvalue weighted by Crippen LogP contribution is 2.19. The number of rotatable bonds is 4. The van der Waals surface area contributed by atoms with Crippen molar-refractivity contribution in [1.82, 2.24) is 10.6 Å². The Morgan fingerprint density at radius 2 is 1.82 bits per heavy atom. The molecule has 0 aromatic heterocycles. The second-order valence-corrected chi connectivity index (χ2v) is 4.79. The minimum absolute atomic E-state index is 0.149. The molecule has 1 unspecified atom stereocenters. The fourth-order valence-corrected chi connectivity index (χ4v) is 2.27. The Morgan fingerprint density at radius 1 is 1.23 bits per heavy atom. The van der Waals surface area contributed by atoms with Gasteiger partial charge in [0.25, 0.3) is 5.69 Å². The summed E-state index contributed by atoms with van der Waals surface area (Å²) >= 11 is 0. The van der Waals surface area contributed by atoms with Gasteiger partial charge in [0.15, 0.2) is 11.6 Å². The third-order valence-corrected chi connectivity index (χ3v) is 3.27. The van der Waals surface area contributed by atoms with Gasteiger partial charge in [0.1, 0.15) is 6.04 Å². The van der Waals surface area contributed by atoms with E-state index in [1.54, 1.807) is 0 Å². The third kappa shape index (κ3) is 2.85. The van der Waals surface area contributed by atoms with Crippen LogP contribution in [-0.4, -0.2) is 28.6 Å². The normalized spacial score (nSPS) is 17.5. The second kappa shape index (κ2) is 5.76. The lowest BCUT2D eigenvalue weighted by Gasteiger charge is -2.26. The van der Waals surface area contributed by atoms with E-state index in [0.717, 1.165) is 0 Å². The molecule has 1 aromatic rings. The predicted octanol–water partition coefficient (Wildman–Crippen LogP) is 1.32. The number of carbonyl (C=O) groups is 3. The van der Waals surface area contributed by atoms with Crippen molar-refractivity contribution >= 4 is 23.3 Å². The third-order valence-electron chi connectivity index (χ3n) is 3.27. The summed E-state index contributed by atoms with van der Waals surface area (Å²) in [6, 6.07) is 3.29. The van der Waals surface area contributed by atoms with Crippen LogP contribution in [0.25, 0.3) is 0 Å². The van der Waals surface area contributed by atoms with Gasteiger partial charge in [0.05, 0.1) is 4.92 Å². The highest BCUT2D eigenvalue weighted by atomic mass is 16.6. The fourth-order valence-electron chi connectivity index (χ4n) is 2.27. The zero-order valence-electron chi connectivity index (χ0n) is 11.9. The van der Waals surface area contributed by atoms with E-state index in [1.807, 2.05) is 0 Å². The molecule has 2 amide bonds. The highest BCUT2D eigenvalue weighted by Gasteiger charge is 2.33. The number of nitrogens with one attached hydrogen (secondary N) is 2. The van der Waals surface area contributed by atoms with Gasteiger partial charge >= 0.3 is 6.03 Å². The molecule has 1 aliphatic heterocycles. The smallest absolute Gasteiger partial charge is 0.319 e. The molecule has 1 aliphatic rings. The molecule has 1 heterocycles. The zero-order chi connectivity index (χ0) is 16.4. The number of Topliss-reactive ketones (excluding diaryl/α,β-unsaturated/α-hetero) is 2. The van der Waals surface area contributed by atoms with Gasteiger partial charge in [-0.15, -0.1) is 0 Å². The lowest BCUT2D eigenvalue weighted by Crippen LogP contribution is -2.52. The van der Waals surface area contributed by atoms with Crippen molar-refractivity contribution in [3.05, 3.63) is 51.2 Å². The highest BCUT2D eigenvalue weighted by molar-refractivity contribution is 6.12. The lowest BCUT2D eigenvalue weighted by molar-refractivity contribution is -0.384. The summed E-state index contributed by atoms with van der Waals surface area (Å²) in [6.07, 6.45) is 0. The Labute approximate surface area is 125 Å². The molecule has 0 saturated heterocycles. The number of nitrogens with zero attached hydrogens (tertiary/aromatic N) is 1. The van der Waals surface area contributed by atoms with E-state index < -0.39 is 22.8 Å². The summed E-state index contributed by atoms with van der Waals surface area (Å²) in [5.74, 6) is -0.848. The number of allylic oxidation sites excluding steroid dienone is 1. The van der Waals surface area contributed by atoms with Crippen LogP contribution in [0, 0.1) is 10.1 Å². The molecule has 0 saturated carbocycles. The molecule has 0 radical (unpaired) electrons. The van der Waals surface area contributed by atoms with Gasteiger partial charge in [-0.2, -0.15) is 0 Å². The van der Waals surface area contributed by atoms with Crippen LogP contribution < -0.4 is 10.6 Å². The van der Waals surface area contributed by atoms with Crippen molar-refractivity contribution in [3.8, 4) is 0 Å². The van der Waals surface area contributed by atoms with Crippen molar-refractivity contribution in [2.45, 2.75) is 19.9 Å². The standard InChI is InChI=1S/C14H13N3O5/c1-7-11(8(2)18)12(16-14(20)15-7)13(19)9-3-5-10(6-4-9)17(21)22/h3-6,12H,1-2H3,(H2,15,16,20). The fraction of sp³-hybridized carbons (Fsp3) is 0.214. The van der Waals surface area contributed by atoms with Gasteiger partial charge in [-0.05, 0) is 26.0 Å². The van der Waals surface area contributed by atoms with E-state index in [0.29, 0.717) is 5.70 Å². The first-order valence-electron chi connectivity index (χ1n) is 6.39. The van der Waals surface area contributed by atoms with Crippen molar-refractivity contribution < 1.29 is 19.3 Å². The van der Waals surface area contributed by atoms with Crippen molar-refractivity contribution in [3.63, 3.8) is 0 Å². The van der Waals surface area contributed by atoms with E-state index in [1.165, 1.54) is 38.1 Å². The summed E-state index contributed by atoms with van der Waals surface area (Å²) in [6.45, 7) is 2.83. The number of nitro groups is 1. The number of nitro benzene ring substituents is 1. The van der Waals surface area contributed by atoms with E-state index in [9.17, 15) is 24.5 Å². The Bertz CT molecular complexity index is 706. The molecule has 0 fully saturated rings. The van der Waals surface area contributed by atoms with Gasteiger partial charge in [-0.3, -0.25) is 19.7 Å². The van der Waals surface area contributed by atoms with Gasteiger partial charge in [-0.1, -0.05) is 0 Å². The largest absolute Gasteiger partial charge is 0.323 e. The number of amides is 2. The van der Waals surface area contributed by atoms with Gasteiger partial charge in [0, 0.05) is 29.0 Å². The number of hydrogen-bond donors (Lipinski definition) is 2. The number of urea groups is 1. The molecule has 1 aromatic carbocycles. The lowest BCUT2D eigenvalue weighted by atomic mass is 9.92. The van der Waals surface area contributed by atoms with E-state index in [-0.39, 0.29) is 22.6 Å². The molecule has 1 atom stereocenters. The molecule has 0 bridgehead atoms. The Balaban J connectivity index is 2.38.